The molecular formula is C19H27N5O. The first kappa shape index (κ1) is 18.7. The van der Waals surface area contributed by atoms with Gasteiger partial charge < -0.3 is 15.5 Å². The summed E-state index contributed by atoms with van der Waals surface area (Å²) in [7, 11) is 0. The van der Waals surface area contributed by atoms with Crippen LogP contribution < -0.4 is 15.5 Å². The number of carbonyl (C=O) groups is 1. The molecule has 134 valence electrons. The number of anilines is 3. The molecule has 0 aliphatic carbocycles. The third kappa shape index (κ3) is 5.17. The first-order chi connectivity index (χ1) is 12.1. The Bertz CT molecular complexity index is 682. The molecule has 1 atom stereocenters. The average Bonchev–Trinajstić information content (AvgIpc) is 2.64. The van der Waals surface area contributed by atoms with E-state index in [2.05, 4.69) is 46.3 Å². The molecule has 6 heteroatoms. The average molecular weight is 341 g/mol. The molecular weight excluding hydrogens is 314 g/mol. The van der Waals surface area contributed by atoms with E-state index in [0.717, 1.165) is 30.9 Å². The zero-order valence-electron chi connectivity index (χ0n) is 15.4. The van der Waals surface area contributed by atoms with Gasteiger partial charge in [0, 0.05) is 36.7 Å². The van der Waals surface area contributed by atoms with E-state index in [0.29, 0.717) is 11.6 Å². The van der Waals surface area contributed by atoms with Crippen LogP contribution in [0.2, 0.25) is 0 Å². The molecule has 0 saturated heterocycles. The van der Waals surface area contributed by atoms with Crippen molar-refractivity contribution in [3.8, 4) is 0 Å². The minimum atomic E-state index is -0.245. The van der Waals surface area contributed by atoms with Crippen LogP contribution in [0.3, 0.4) is 0 Å². The van der Waals surface area contributed by atoms with Crippen molar-refractivity contribution in [2.24, 2.45) is 0 Å². The first-order valence-corrected chi connectivity index (χ1v) is 8.83. The van der Waals surface area contributed by atoms with E-state index < -0.39 is 0 Å². The molecule has 0 bridgehead atoms. The molecule has 1 aromatic heterocycles. The second-order valence-corrected chi connectivity index (χ2v) is 5.89. The number of benzene rings is 1. The fourth-order valence-electron chi connectivity index (χ4n) is 2.42. The molecule has 0 fully saturated rings. The summed E-state index contributed by atoms with van der Waals surface area (Å²) >= 11 is 0. The van der Waals surface area contributed by atoms with Gasteiger partial charge in [0.05, 0.1) is 0 Å². The first-order valence-electron chi connectivity index (χ1n) is 8.83. The molecule has 25 heavy (non-hydrogen) atoms. The van der Waals surface area contributed by atoms with Crippen LogP contribution in [0.25, 0.3) is 0 Å². The van der Waals surface area contributed by atoms with Gasteiger partial charge in [0.25, 0.3) is 5.91 Å². The van der Waals surface area contributed by atoms with E-state index in [4.69, 9.17) is 0 Å². The van der Waals surface area contributed by atoms with E-state index in [-0.39, 0.29) is 11.9 Å². The SMILES string of the molecule is CCC(C)Nc1nccc(C(=O)Nc2ccc(N(CC)CC)cc2)n1. The summed E-state index contributed by atoms with van der Waals surface area (Å²) in [6.45, 7) is 10.3. The second-order valence-electron chi connectivity index (χ2n) is 5.89. The number of hydrogen-bond acceptors (Lipinski definition) is 5. The van der Waals surface area contributed by atoms with Gasteiger partial charge in [-0.1, -0.05) is 6.92 Å². The summed E-state index contributed by atoms with van der Waals surface area (Å²) in [4.78, 5) is 23.1. The lowest BCUT2D eigenvalue weighted by Gasteiger charge is -2.21. The van der Waals surface area contributed by atoms with Gasteiger partial charge in [0.2, 0.25) is 5.95 Å². The number of carbonyl (C=O) groups excluding carboxylic acids is 1. The molecule has 2 aromatic rings. The van der Waals surface area contributed by atoms with Crippen LogP contribution in [-0.2, 0) is 0 Å². The summed E-state index contributed by atoms with van der Waals surface area (Å²) < 4.78 is 0. The van der Waals surface area contributed by atoms with Gasteiger partial charge in [-0.2, -0.15) is 0 Å². The molecule has 1 unspecified atom stereocenters. The van der Waals surface area contributed by atoms with Gasteiger partial charge in [-0.25, -0.2) is 9.97 Å². The predicted molar refractivity (Wildman–Crippen MR) is 103 cm³/mol. The van der Waals surface area contributed by atoms with Crippen molar-refractivity contribution in [1.29, 1.82) is 0 Å². The van der Waals surface area contributed by atoms with Crippen molar-refractivity contribution >= 4 is 23.2 Å². The largest absolute Gasteiger partial charge is 0.372 e. The quantitative estimate of drug-likeness (QED) is 0.764. The van der Waals surface area contributed by atoms with Crippen LogP contribution in [-0.4, -0.2) is 35.0 Å². The highest BCUT2D eigenvalue weighted by Gasteiger charge is 2.11. The number of rotatable bonds is 8. The van der Waals surface area contributed by atoms with Crippen LogP contribution in [0.1, 0.15) is 44.6 Å². The zero-order chi connectivity index (χ0) is 18.2. The Kier molecular flexibility index (Phi) is 6.74. The van der Waals surface area contributed by atoms with Crippen molar-refractivity contribution in [1.82, 2.24) is 9.97 Å². The molecule has 0 saturated carbocycles. The molecule has 0 spiro atoms. The van der Waals surface area contributed by atoms with Crippen LogP contribution in [0.15, 0.2) is 36.5 Å². The Morgan fingerprint density at radius 2 is 1.80 bits per heavy atom. The van der Waals surface area contributed by atoms with Crippen molar-refractivity contribution in [2.45, 2.75) is 40.2 Å². The maximum atomic E-state index is 12.4. The van der Waals surface area contributed by atoms with E-state index in [9.17, 15) is 4.79 Å². The molecule has 0 radical (unpaired) electrons. The van der Waals surface area contributed by atoms with Crippen molar-refractivity contribution < 1.29 is 4.79 Å². The third-order valence-corrected chi connectivity index (χ3v) is 4.13. The number of amides is 1. The third-order valence-electron chi connectivity index (χ3n) is 4.13. The molecule has 2 N–H and O–H groups in total. The molecule has 2 rings (SSSR count). The number of aromatic nitrogens is 2. The Morgan fingerprint density at radius 1 is 1.12 bits per heavy atom. The minimum Gasteiger partial charge on any atom is -0.372 e. The number of nitrogens with zero attached hydrogens (tertiary/aromatic N) is 3. The molecule has 6 nitrogen and oxygen atoms in total. The smallest absolute Gasteiger partial charge is 0.274 e. The topological polar surface area (TPSA) is 70.2 Å². The fourth-order valence-corrected chi connectivity index (χ4v) is 2.42. The summed E-state index contributed by atoms with van der Waals surface area (Å²) in [5.41, 5.74) is 2.23. The number of nitrogens with one attached hydrogen (secondary N) is 2. The van der Waals surface area contributed by atoms with Gasteiger partial charge in [-0.15, -0.1) is 0 Å². The normalized spacial score (nSPS) is 11.7. The lowest BCUT2D eigenvalue weighted by atomic mass is 10.2. The summed E-state index contributed by atoms with van der Waals surface area (Å²) in [6, 6.07) is 9.71. The van der Waals surface area contributed by atoms with Crippen molar-refractivity contribution in [2.75, 3.05) is 28.6 Å². The predicted octanol–water partition coefficient (Wildman–Crippen LogP) is 3.79. The lowest BCUT2D eigenvalue weighted by Crippen LogP contribution is -2.21. The fraction of sp³-hybridized carbons (Fsp3) is 0.421. The van der Waals surface area contributed by atoms with E-state index in [1.165, 1.54) is 0 Å². The number of hydrogen-bond donors (Lipinski definition) is 2. The molecule has 1 heterocycles. The zero-order valence-corrected chi connectivity index (χ0v) is 15.4. The lowest BCUT2D eigenvalue weighted by molar-refractivity contribution is 0.102. The van der Waals surface area contributed by atoms with Gasteiger partial charge in [0.1, 0.15) is 5.69 Å². The Morgan fingerprint density at radius 3 is 2.40 bits per heavy atom. The van der Waals surface area contributed by atoms with E-state index >= 15 is 0 Å². The van der Waals surface area contributed by atoms with Crippen LogP contribution in [0.5, 0.6) is 0 Å². The highest BCUT2D eigenvalue weighted by molar-refractivity contribution is 6.03. The van der Waals surface area contributed by atoms with Crippen LogP contribution in [0, 0.1) is 0 Å². The van der Waals surface area contributed by atoms with E-state index in [1.807, 2.05) is 31.2 Å². The van der Waals surface area contributed by atoms with Crippen molar-refractivity contribution in [3.05, 3.63) is 42.2 Å². The minimum absolute atomic E-state index is 0.245. The highest BCUT2D eigenvalue weighted by atomic mass is 16.1. The summed E-state index contributed by atoms with van der Waals surface area (Å²) in [6.07, 6.45) is 2.55. The molecule has 0 aliphatic rings. The molecule has 0 aliphatic heterocycles. The van der Waals surface area contributed by atoms with Gasteiger partial charge >= 0.3 is 0 Å². The monoisotopic (exact) mass is 341 g/mol. The summed E-state index contributed by atoms with van der Waals surface area (Å²) in [5, 5.41) is 6.06. The van der Waals surface area contributed by atoms with Crippen LogP contribution >= 0.6 is 0 Å². The Balaban J connectivity index is 2.05. The Hall–Kier alpha value is -2.63. The Labute approximate surface area is 149 Å². The summed E-state index contributed by atoms with van der Waals surface area (Å²) in [5.74, 6) is 0.226. The van der Waals surface area contributed by atoms with Gasteiger partial charge in [-0.3, -0.25) is 4.79 Å². The second kappa shape index (κ2) is 9.01. The molecule has 1 amide bonds. The van der Waals surface area contributed by atoms with E-state index in [1.54, 1.807) is 12.3 Å². The highest BCUT2D eigenvalue weighted by Crippen LogP contribution is 2.18. The van der Waals surface area contributed by atoms with Crippen molar-refractivity contribution in [3.63, 3.8) is 0 Å². The molecule has 1 aromatic carbocycles. The maximum absolute atomic E-state index is 12.4. The van der Waals surface area contributed by atoms with Gasteiger partial charge in [-0.05, 0) is 57.5 Å². The maximum Gasteiger partial charge on any atom is 0.274 e. The van der Waals surface area contributed by atoms with Gasteiger partial charge in [0.15, 0.2) is 0 Å². The standard InChI is InChI=1S/C19H27N5O/c1-5-14(4)21-19-20-13-12-17(23-19)18(25)22-15-8-10-16(11-9-15)24(6-2)7-3/h8-14H,5-7H2,1-4H3,(H,22,25)(H,20,21,23). The van der Waals surface area contributed by atoms with Crippen LogP contribution in [0.4, 0.5) is 17.3 Å².